The molecule has 1 rings (SSSR count). The second-order valence-corrected chi connectivity index (χ2v) is 5.45. The van der Waals surface area contributed by atoms with E-state index in [9.17, 15) is 0 Å². The fraction of sp³-hybridized carbons (Fsp3) is 0.500. The van der Waals surface area contributed by atoms with Crippen molar-refractivity contribution >= 4 is 10.2 Å². The predicted octanol–water partition coefficient (Wildman–Crippen LogP) is 2.99. The van der Waals surface area contributed by atoms with E-state index in [1.54, 1.807) is 0 Å². The molecule has 1 aromatic carbocycles. The van der Waals surface area contributed by atoms with Crippen LogP contribution in [0.15, 0.2) is 24.3 Å². The highest BCUT2D eigenvalue weighted by molar-refractivity contribution is 6.14. The Morgan fingerprint density at radius 3 is 2.50 bits per heavy atom. The van der Waals surface area contributed by atoms with Crippen LogP contribution in [0.2, 0.25) is 5.04 Å². The fourth-order valence-electron chi connectivity index (χ4n) is 1.42. The summed E-state index contributed by atoms with van der Waals surface area (Å²) in [5.74, 6) is 1.00. The maximum Gasteiger partial charge on any atom is 0.122 e. The van der Waals surface area contributed by atoms with Crippen LogP contribution in [0.1, 0.15) is 26.3 Å². The molecule has 0 atom stereocenters. The minimum Gasteiger partial charge on any atom is -0.494 e. The van der Waals surface area contributed by atoms with Crippen LogP contribution in [0.3, 0.4) is 0 Å². The Balaban J connectivity index is 2.84. The van der Waals surface area contributed by atoms with E-state index in [0.29, 0.717) is 0 Å². The van der Waals surface area contributed by atoms with Crippen molar-refractivity contribution < 1.29 is 4.74 Å². The molecule has 0 aliphatic carbocycles. The second-order valence-electron chi connectivity index (χ2n) is 4.10. The van der Waals surface area contributed by atoms with Gasteiger partial charge < -0.3 is 4.74 Å². The van der Waals surface area contributed by atoms with Crippen molar-refractivity contribution in [2.75, 3.05) is 6.61 Å². The molecule has 1 nitrogen and oxygen atoms in total. The van der Waals surface area contributed by atoms with Gasteiger partial charge in [-0.25, -0.2) is 0 Å². The van der Waals surface area contributed by atoms with E-state index in [4.69, 9.17) is 4.74 Å². The molecule has 75 valence electrons. The minimum absolute atomic E-state index is 0.118. The smallest absolute Gasteiger partial charge is 0.122 e. The van der Waals surface area contributed by atoms with Crippen molar-refractivity contribution in [3.63, 3.8) is 0 Å². The summed E-state index contributed by atoms with van der Waals surface area (Å²) in [7, 11) is 3.70. The van der Waals surface area contributed by atoms with Crippen LogP contribution < -0.4 is 4.74 Å². The maximum atomic E-state index is 5.56. The summed E-state index contributed by atoms with van der Waals surface area (Å²) < 4.78 is 5.56. The van der Waals surface area contributed by atoms with Gasteiger partial charge in [-0.2, -0.15) is 0 Å². The number of hydrogen-bond donors (Lipinski definition) is 0. The van der Waals surface area contributed by atoms with E-state index in [-0.39, 0.29) is 5.04 Å². The highest BCUT2D eigenvalue weighted by atomic mass is 28.1. The van der Waals surface area contributed by atoms with Crippen molar-refractivity contribution in [3.05, 3.63) is 29.8 Å². The molecular formula is C12H17OSi. The Kier molecular flexibility index (Phi) is 3.75. The van der Waals surface area contributed by atoms with Crippen LogP contribution in [0.4, 0.5) is 0 Å². The summed E-state index contributed by atoms with van der Waals surface area (Å²) in [6.45, 7) is 7.05. The molecule has 14 heavy (non-hydrogen) atoms. The molecule has 1 aromatic rings. The molecule has 3 radical (unpaired) electrons. The molecule has 0 saturated carbocycles. The van der Waals surface area contributed by atoms with Crippen LogP contribution in [-0.2, 0) is 6.42 Å². The van der Waals surface area contributed by atoms with Crippen LogP contribution in [0.5, 0.6) is 5.75 Å². The zero-order chi connectivity index (χ0) is 10.6. The molecular weight excluding hydrogens is 188 g/mol. The van der Waals surface area contributed by atoms with Gasteiger partial charge >= 0.3 is 0 Å². The summed E-state index contributed by atoms with van der Waals surface area (Å²) in [5, 5.41) is 0.118. The van der Waals surface area contributed by atoms with Gasteiger partial charge in [0, 0.05) is 10.2 Å². The largest absolute Gasteiger partial charge is 0.494 e. The van der Waals surface area contributed by atoms with Crippen molar-refractivity contribution in [2.45, 2.75) is 32.2 Å². The third kappa shape index (κ3) is 3.54. The van der Waals surface area contributed by atoms with Crippen molar-refractivity contribution in [1.82, 2.24) is 0 Å². The molecule has 0 amide bonds. The number of benzene rings is 1. The van der Waals surface area contributed by atoms with Gasteiger partial charge in [-0.3, -0.25) is 0 Å². The quantitative estimate of drug-likeness (QED) is 0.687. The molecule has 2 heteroatoms. The zero-order valence-electron chi connectivity index (χ0n) is 9.13. The first-order valence-corrected chi connectivity index (χ1v) is 5.48. The molecule has 0 aliphatic heterocycles. The Morgan fingerprint density at radius 2 is 1.93 bits per heavy atom. The van der Waals surface area contributed by atoms with E-state index in [1.165, 1.54) is 5.56 Å². The van der Waals surface area contributed by atoms with Gasteiger partial charge in [0.2, 0.25) is 0 Å². The first-order chi connectivity index (χ1) is 6.53. The average molecular weight is 205 g/mol. The lowest BCUT2D eigenvalue weighted by molar-refractivity contribution is 0.335. The normalized spacial score (nSPS) is 11.4. The first kappa shape index (κ1) is 11.3. The van der Waals surface area contributed by atoms with Crippen molar-refractivity contribution in [3.8, 4) is 5.75 Å². The van der Waals surface area contributed by atoms with Crippen LogP contribution in [0.25, 0.3) is 0 Å². The molecule has 0 saturated heterocycles. The standard InChI is InChI=1S/C12H17OSi/c1-4-13-11-8-6-5-7-10(11)9-12(2,3)14/h5-8H,4,9H2,1-3H3. The monoisotopic (exact) mass is 205 g/mol. The third-order valence-electron chi connectivity index (χ3n) is 1.90. The van der Waals surface area contributed by atoms with Crippen LogP contribution in [-0.4, -0.2) is 16.8 Å². The number of para-hydroxylation sites is 1. The molecule has 0 spiro atoms. The summed E-state index contributed by atoms with van der Waals surface area (Å²) >= 11 is 0. The SMILES string of the molecule is CCOc1ccccc1CC(C)(C)[Si]. The molecule has 0 bridgehead atoms. The van der Waals surface area contributed by atoms with Crippen molar-refractivity contribution in [1.29, 1.82) is 0 Å². The second kappa shape index (κ2) is 4.65. The fourth-order valence-corrected chi connectivity index (χ4v) is 1.61. The van der Waals surface area contributed by atoms with Gasteiger partial charge in [-0.15, -0.1) is 0 Å². The molecule has 0 N–H and O–H groups in total. The maximum absolute atomic E-state index is 5.56. The summed E-state index contributed by atoms with van der Waals surface area (Å²) in [6, 6.07) is 8.20. The van der Waals surface area contributed by atoms with E-state index >= 15 is 0 Å². The molecule has 0 fully saturated rings. The lowest BCUT2D eigenvalue weighted by Crippen LogP contribution is -2.08. The minimum atomic E-state index is 0.118. The molecule has 0 heterocycles. The Labute approximate surface area is 89.9 Å². The summed E-state index contributed by atoms with van der Waals surface area (Å²) in [4.78, 5) is 0. The third-order valence-corrected chi connectivity index (χ3v) is 2.08. The first-order valence-electron chi connectivity index (χ1n) is 4.98. The Bertz CT molecular complexity index is 289. The van der Waals surface area contributed by atoms with Crippen molar-refractivity contribution in [2.24, 2.45) is 0 Å². The summed E-state index contributed by atoms with van der Waals surface area (Å²) in [5.41, 5.74) is 1.26. The number of rotatable bonds is 4. The van der Waals surface area contributed by atoms with E-state index in [0.717, 1.165) is 18.8 Å². The number of hydrogen-bond acceptors (Lipinski definition) is 1. The van der Waals surface area contributed by atoms with Gasteiger partial charge in [0.05, 0.1) is 6.61 Å². The van der Waals surface area contributed by atoms with Crippen LogP contribution in [0, 0.1) is 0 Å². The lowest BCUT2D eigenvalue weighted by atomic mass is 10.0. The Hall–Kier alpha value is -0.763. The van der Waals surface area contributed by atoms with Gasteiger partial charge in [-0.05, 0) is 30.0 Å². The van der Waals surface area contributed by atoms with E-state index < -0.39 is 0 Å². The highest BCUT2D eigenvalue weighted by Gasteiger charge is 2.14. The van der Waals surface area contributed by atoms with Crippen LogP contribution >= 0.6 is 0 Å². The van der Waals surface area contributed by atoms with Gasteiger partial charge in [0.15, 0.2) is 0 Å². The van der Waals surface area contributed by atoms with E-state index in [1.807, 2.05) is 19.1 Å². The summed E-state index contributed by atoms with van der Waals surface area (Å²) in [6.07, 6.45) is 0.972. The predicted molar refractivity (Wildman–Crippen MR) is 61.1 cm³/mol. The van der Waals surface area contributed by atoms with Gasteiger partial charge in [-0.1, -0.05) is 32.0 Å². The Morgan fingerprint density at radius 1 is 1.29 bits per heavy atom. The lowest BCUT2D eigenvalue weighted by Gasteiger charge is -2.19. The van der Waals surface area contributed by atoms with Gasteiger partial charge in [0.1, 0.15) is 5.75 Å². The molecule has 0 unspecified atom stereocenters. The highest BCUT2D eigenvalue weighted by Crippen LogP contribution is 2.29. The number of ether oxygens (including phenoxy) is 1. The van der Waals surface area contributed by atoms with Gasteiger partial charge in [0.25, 0.3) is 0 Å². The zero-order valence-corrected chi connectivity index (χ0v) is 10.1. The van der Waals surface area contributed by atoms with E-state index in [2.05, 4.69) is 36.2 Å². The topological polar surface area (TPSA) is 9.23 Å². The molecule has 0 aromatic heterocycles. The average Bonchev–Trinajstić information content (AvgIpc) is 2.06. The molecule has 0 aliphatic rings.